The number of hydrogen-bond acceptors (Lipinski definition) is 3. The molecule has 0 N–H and O–H groups in total. The molecule has 1 saturated heterocycles. The van der Waals surface area contributed by atoms with E-state index in [4.69, 9.17) is 0 Å². The number of benzene rings is 1. The number of carbonyl (C=O) groups is 2. The molecule has 6 nitrogen and oxygen atoms in total. The normalized spacial score (nSPS) is 17.6. The lowest BCUT2D eigenvalue weighted by Crippen LogP contribution is -2.51. The van der Waals surface area contributed by atoms with Gasteiger partial charge in [0.15, 0.2) is 5.69 Å². The molecule has 0 unspecified atom stereocenters. The van der Waals surface area contributed by atoms with Gasteiger partial charge < -0.3 is 9.80 Å². The number of piperazine rings is 1. The first-order chi connectivity index (χ1) is 12.0. The number of aromatic nitrogens is 2. The van der Waals surface area contributed by atoms with Crippen LogP contribution < -0.4 is 0 Å². The van der Waals surface area contributed by atoms with E-state index in [9.17, 15) is 9.59 Å². The van der Waals surface area contributed by atoms with Gasteiger partial charge >= 0.3 is 0 Å². The first kappa shape index (κ1) is 17.2. The standard InChI is InChI=1S/C19H24N4O2/c1-4-23-14(2)12-17(20-23)19(25)21-10-11-22(15(3)24)18(13-21)16-8-6-5-7-9-16/h5-9,12,18H,4,10-11,13H2,1-3H3/t18-/m1/s1. The first-order valence-corrected chi connectivity index (χ1v) is 8.67. The molecule has 6 heteroatoms. The number of hydrogen-bond donors (Lipinski definition) is 0. The molecule has 1 fully saturated rings. The van der Waals surface area contributed by atoms with Gasteiger partial charge in [-0.25, -0.2) is 0 Å². The maximum atomic E-state index is 12.9. The predicted molar refractivity (Wildman–Crippen MR) is 95.1 cm³/mol. The zero-order valence-corrected chi connectivity index (χ0v) is 15.0. The Morgan fingerprint density at radius 1 is 1.20 bits per heavy atom. The van der Waals surface area contributed by atoms with E-state index in [1.165, 1.54) is 0 Å². The number of carbonyl (C=O) groups excluding carboxylic acids is 2. The zero-order valence-electron chi connectivity index (χ0n) is 15.0. The van der Waals surface area contributed by atoms with Crippen LogP contribution in [0.25, 0.3) is 0 Å². The molecule has 1 aromatic heterocycles. The van der Waals surface area contributed by atoms with Crippen molar-refractivity contribution in [3.63, 3.8) is 0 Å². The molecule has 2 aromatic rings. The summed E-state index contributed by atoms with van der Waals surface area (Å²) in [6, 6.07) is 11.6. The van der Waals surface area contributed by atoms with Crippen LogP contribution in [0.4, 0.5) is 0 Å². The van der Waals surface area contributed by atoms with E-state index in [2.05, 4.69) is 5.10 Å². The summed E-state index contributed by atoms with van der Waals surface area (Å²) in [6.07, 6.45) is 0. The van der Waals surface area contributed by atoms with E-state index in [1.54, 1.807) is 11.8 Å². The monoisotopic (exact) mass is 340 g/mol. The van der Waals surface area contributed by atoms with Gasteiger partial charge in [0.05, 0.1) is 6.04 Å². The molecule has 0 aliphatic carbocycles. The van der Waals surface area contributed by atoms with Crippen molar-refractivity contribution in [3.8, 4) is 0 Å². The number of nitrogens with zero attached hydrogens (tertiary/aromatic N) is 4. The Kier molecular flexibility index (Phi) is 4.88. The quantitative estimate of drug-likeness (QED) is 0.861. The molecular weight excluding hydrogens is 316 g/mol. The van der Waals surface area contributed by atoms with Gasteiger partial charge in [-0.15, -0.1) is 0 Å². The van der Waals surface area contributed by atoms with Crippen LogP contribution in [-0.2, 0) is 11.3 Å². The van der Waals surface area contributed by atoms with Gasteiger partial charge in [0.1, 0.15) is 0 Å². The Morgan fingerprint density at radius 3 is 2.52 bits per heavy atom. The molecule has 2 amide bonds. The van der Waals surface area contributed by atoms with Crippen LogP contribution in [0.2, 0.25) is 0 Å². The fourth-order valence-corrected chi connectivity index (χ4v) is 3.40. The highest BCUT2D eigenvalue weighted by Gasteiger charge is 2.33. The maximum Gasteiger partial charge on any atom is 0.274 e. The van der Waals surface area contributed by atoms with E-state index in [0.29, 0.717) is 25.3 Å². The smallest absolute Gasteiger partial charge is 0.274 e. The second-order valence-electron chi connectivity index (χ2n) is 6.38. The number of rotatable bonds is 3. The largest absolute Gasteiger partial charge is 0.333 e. The van der Waals surface area contributed by atoms with Crippen molar-refractivity contribution in [1.29, 1.82) is 0 Å². The minimum atomic E-state index is -0.120. The third-order valence-electron chi connectivity index (χ3n) is 4.76. The molecule has 0 bridgehead atoms. The van der Waals surface area contributed by atoms with E-state index >= 15 is 0 Å². The molecule has 0 radical (unpaired) electrons. The lowest BCUT2D eigenvalue weighted by atomic mass is 10.0. The predicted octanol–water partition coefficient (Wildman–Crippen LogP) is 2.26. The van der Waals surface area contributed by atoms with Crippen LogP contribution >= 0.6 is 0 Å². The lowest BCUT2D eigenvalue weighted by Gasteiger charge is -2.41. The van der Waals surface area contributed by atoms with E-state index in [1.807, 2.05) is 59.8 Å². The minimum Gasteiger partial charge on any atom is -0.333 e. The molecular formula is C19H24N4O2. The summed E-state index contributed by atoms with van der Waals surface area (Å²) in [5.74, 6) is -0.0357. The summed E-state index contributed by atoms with van der Waals surface area (Å²) in [6.45, 7) is 7.83. The number of aryl methyl sites for hydroxylation is 2. The summed E-state index contributed by atoms with van der Waals surface area (Å²) in [5, 5.41) is 4.40. The van der Waals surface area contributed by atoms with E-state index in [0.717, 1.165) is 17.8 Å². The van der Waals surface area contributed by atoms with Gasteiger partial charge in [-0.05, 0) is 25.5 Å². The Bertz CT molecular complexity index is 769. The van der Waals surface area contributed by atoms with Crippen molar-refractivity contribution in [3.05, 3.63) is 53.3 Å². The van der Waals surface area contributed by atoms with Crippen molar-refractivity contribution in [1.82, 2.24) is 19.6 Å². The third-order valence-corrected chi connectivity index (χ3v) is 4.76. The first-order valence-electron chi connectivity index (χ1n) is 8.67. The average Bonchev–Trinajstić information content (AvgIpc) is 3.02. The van der Waals surface area contributed by atoms with Gasteiger partial charge in [0.2, 0.25) is 5.91 Å². The van der Waals surface area contributed by atoms with E-state index in [-0.39, 0.29) is 17.9 Å². The molecule has 0 spiro atoms. The summed E-state index contributed by atoms with van der Waals surface area (Å²) in [4.78, 5) is 28.6. The fraction of sp³-hybridized carbons (Fsp3) is 0.421. The summed E-state index contributed by atoms with van der Waals surface area (Å²) in [7, 11) is 0. The third kappa shape index (κ3) is 3.43. The maximum absolute atomic E-state index is 12.9. The average molecular weight is 340 g/mol. The van der Waals surface area contributed by atoms with Crippen LogP contribution in [0.5, 0.6) is 0 Å². The summed E-state index contributed by atoms with van der Waals surface area (Å²) in [5.41, 5.74) is 2.50. The van der Waals surface area contributed by atoms with Crippen LogP contribution in [0.1, 0.15) is 41.6 Å². The molecule has 0 saturated carbocycles. The van der Waals surface area contributed by atoms with Crippen molar-refractivity contribution in [2.24, 2.45) is 0 Å². The summed E-state index contributed by atoms with van der Waals surface area (Å²) >= 11 is 0. The van der Waals surface area contributed by atoms with Gasteiger partial charge in [0, 0.05) is 38.8 Å². The Balaban J connectivity index is 1.84. The highest BCUT2D eigenvalue weighted by Crippen LogP contribution is 2.26. The van der Waals surface area contributed by atoms with E-state index < -0.39 is 0 Å². The molecule has 1 aliphatic heterocycles. The van der Waals surface area contributed by atoms with Crippen LogP contribution in [0.3, 0.4) is 0 Å². The number of amides is 2. The van der Waals surface area contributed by atoms with Crippen molar-refractivity contribution in [2.75, 3.05) is 19.6 Å². The highest BCUT2D eigenvalue weighted by atomic mass is 16.2. The SMILES string of the molecule is CCn1nc(C(=O)N2CCN(C(C)=O)[C@@H](c3ccccc3)C2)cc1C. The van der Waals surface area contributed by atoms with Crippen molar-refractivity contribution in [2.45, 2.75) is 33.4 Å². The molecule has 1 aromatic carbocycles. The Labute approximate surface area is 148 Å². The molecule has 1 atom stereocenters. The van der Waals surface area contributed by atoms with Crippen LogP contribution in [-0.4, -0.2) is 51.0 Å². The van der Waals surface area contributed by atoms with Crippen molar-refractivity contribution < 1.29 is 9.59 Å². The van der Waals surface area contributed by atoms with Crippen LogP contribution in [0.15, 0.2) is 36.4 Å². The zero-order chi connectivity index (χ0) is 18.0. The molecule has 132 valence electrons. The topological polar surface area (TPSA) is 58.4 Å². The molecule has 2 heterocycles. The lowest BCUT2D eigenvalue weighted by molar-refractivity contribution is -0.133. The van der Waals surface area contributed by atoms with Crippen LogP contribution in [0, 0.1) is 6.92 Å². The second-order valence-corrected chi connectivity index (χ2v) is 6.38. The summed E-state index contributed by atoms with van der Waals surface area (Å²) < 4.78 is 1.83. The van der Waals surface area contributed by atoms with Gasteiger partial charge in [-0.3, -0.25) is 14.3 Å². The van der Waals surface area contributed by atoms with Gasteiger partial charge in [-0.1, -0.05) is 30.3 Å². The highest BCUT2D eigenvalue weighted by molar-refractivity contribution is 5.92. The Morgan fingerprint density at radius 2 is 1.92 bits per heavy atom. The Hall–Kier alpha value is -2.63. The van der Waals surface area contributed by atoms with Gasteiger partial charge in [-0.2, -0.15) is 5.10 Å². The van der Waals surface area contributed by atoms with Crippen molar-refractivity contribution >= 4 is 11.8 Å². The minimum absolute atomic E-state index is 0.0343. The second kappa shape index (κ2) is 7.09. The molecule has 25 heavy (non-hydrogen) atoms. The fourth-order valence-electron chi connectivity index (χ4n) is 3.40. The molecule has 3 rings (SSSR count). The molecule has 1 aliphatic rings. The van der Waals surface area contributed by atoms with Gasteiger partial charge in [0.25, 0.3) is 5.91 Å².